The zero-order chi connectivity index (χ0) is 28.7. The summed E-state index contributed by atoms with van der Waals surface area (Å²) in [5.74, 6) is 1.11. The minimum Gasteiger partial charge on any atom is -0.490 e. The van der Waals surface area contributed by atoms with Crippen LogP contribution >= 0.6 is 11.3 Å². The van der Waals surface area contributed by atoms with Gasteiger partial charge in [-0.05, 0) is 61.4 Å². The molecule has 8 heteroatoms. The van der Waals surface area contributed by atoms with Crippen LogP contribution in [0, 0.1) is 0 Å². The summed E-state index contributed by atoms with van der Waals surface area (Å²) in [6.07, 6.45) is 8.90. The van der Waals surface area contributed by atoms with Crippen LogP contribution in [0.15, 0.2) is 83.3 Å². The van der Waals surface area contributed by atoms with Crippen LogP contribution in [-0.2, 0) is 0 Å². The van der Waals surface area contributed by atoms with Gasteiger partial charge >= 0.3 is 0 Å². The van der Waals surface area contributed by atoms with E-state index in [1.54, 1.807) is 18.3 Å². The number of hydrazone groups is 1. The summed E-state index contributed by atoms with van der Waals surface area (Å²) in [4.78, 5) is 17.3. The monoisotopic (exact) mass is 570 g/mol. The van der Waals surface area contributed by atoms with Gasteiger partial charge in [0.1, 0.15) is 0 Å². The number of aromatic nitrogens is 1. The fourth-order valence-corrected chi connectivity index (χ4v) is 4.93. The van der Waals surface area contributed by atoms with Gasteiger partial charge in [-0.15, -0.1) is 11.3 Å². The lowest BCUT2D eigenvalue weighted by atomic mass is 10.1. The number of hydrogen-bond donors (Lipinski definition) is 2. The molecule has 0 spiro atoms. The third kappa shape index (κ3) is 9.46. The Morgan fingerprint density at radius 3 is 2.46 bits per heavy atom. The van der Waals surface area contributed by atoms with Crippen molar-refractivity contribution in [3.63, 3.8) is 0 Å². The normalized spacial score (nSPS) is 11.0. The van der Waals surface area contributed by atoms with Crippen LogP contribution in [0.3, 0.4) is 0 Å². The molecule has 0 radical (unpaired) electrons. The topological polar surface area (TPSA) is 84.8 Å². The van der Waals surface area contributed by atoms with E-state index in [-0.39, 0.29) is 5.91 Å². The van der Waals surface area contributed by atoms with E-state index in [0.29, 0.717) is 24.5 Å². The van der Waals surface area contributed by atoms with Crippen molar-refractivity contribution in [3.05, 3.63) is 89.3 Å². The van der Waals surface area contributed by atoms with Gasteiger partial charge in [0.25, 0.3) is 5.91 Å². The van der Waals surface area contributed by atoms with Crippen LogP contribution in [0.1, 0.15) is 68.3 Å². The highest BCUT2D eigenvalue weighted by molar-refractivity contribution is 7.14. The summed E-state index contributed by atoms with van der Waals surface area (Å²) in [5.41, 5.74) is 6.69. The Balaban J connectivity index is 1.28. The van der Waals surface area contributed by atoms with E-state index in [2.05, 4.69) is 27.8 Å². The van der Waals surface area contributed by atoms with Gasteiger partial charge < -0.3 is 14.8 Å². The van der Waals surface area contributed by atoms with Crippen molar-refractivity contribution in [2.45, 2.75) is 52.4 Å². The Morgan fingerprint density at radius 1 is 0.902 bits per heavy atom. The molecule has 3 aromatic carbocycles. The average molecular weight is 571 g/mol. The summed E-state index contributed by atoms with van der Waals surface area (Å²) >= 11 is 1.53. The van der Waals surface area contributed by atoms with Crippen molar-refractivity contribution < 1.29 is 14.3 Å². The molecule has 0 saturated heterocycles. The lowest BCUT2D eigenvalue weighted by Crippen LogP contribution is -2.17. The number of carbonyl (C=O) groups is 1. The second-order valence-electron chi connectivity index (χ2n) is 9.56. The van der Waals surface area contributed by atoms with Crippen LogP contribution in [0.4, 0.5) is 10.8 Å². The second-order valence-corrected chi connectivity index (χ2v) is 10.4. The first-order valence-electron chi connectivity index (χ1n) is 14.3. The molecule has 214 valence electrons. The van der Waals surface area contributed by atoms with Crippen LogP contribution in [0.5, 0.6) is 11.5 Å². The fraction of sp³-hybridized carbons (Fsp3) is 0.303. The first-order valence-corrected chi connectivity index (χ1v) is 15.1. The third-order valence-electron chi connectivity index (χ3n) is 6.37. The minimum atomic E-state index is -0.290. The number of rotatable bonds is 16. The van der Waals surface area contributed by atoms with Crippen molar-refractivity contribution >= 4 is 34.3 Å². The summed E-state index contributed by atoms with van der Waals surface area (Å²) in [5, 5.41) is 10.3. The van der Waals surface area contributed by atoms with Gasteiger partial charge in [0.15, 0.2) is 16.6 Å². The van der Waals surface area contributed by atoms with E-state index in [0.717, 1.165) is 39.8 Å². The van der Waals surface area contributed by atoms with Gasteiger partial charge in [-0.25, -0.2) is 10.4 Å². The fourth-order valence-electron chi connectivity index (χ4n) is 4.19. The van der Waals surface area contributed by atoms with Crippen molar-refractivity contribution in [2.24, 2.45) is 5.10 Å². The number of nitrogens with zero attached hydrogens (tertiary/aromatic N) is 2. The van der Waals surface area contributed by atoms with Crippen LogP contribution < -0.4 is 20.2 Å². The highest BCUT2D eigenvalue weighted by Gasteiger charge is 2.09. The molecule has 7 nitrogen and oxygen atoms in total. The largest absolute Gasteiger partial charge is 0.490 e. The molecule has 4 rings (SSSR count). The number of thiazole rings is 1. The van der Waals surface area contributed by atoms with Crippen molar-refractivity contribution in [3.8, 4) is 22.8 Å². The maximum atomic E-state index is 12.7. The number of nitrogens with one attached hydrogen (secondary N) is 2. The number of carbonyl (C=O) groups excluding carboxylic acids is 1. The van der Waals surface area contributed by atoms with E-state index < -0.39 is 0 Å². The van der Waals surface area contributed by atoms with E-state index >= 15 is 0 Å². The Kier molecular flexibility index (Phi) is 11.8. The van der Waals surface area contributed by atoms with E-state index in [1.165, 1.54) is 43.4 Å². The number of benzene rings is 3. The molecule has 0 bridgehead atoms. The molecule has 0 aliphatic heterocycles. The predicted molar refractivity (Wildman–Crippen MR) is 169 cm³/mol. The molecule has 4 aromatic rings. The molecule has 0 saturated carbocycles. The quantitative estimate of drug-likeness (QED) is 0.0802. The third-order valence-corrected chi connectivity index (χ3v) is 7.13. The Hall–Kier alpha value is -4.17. The molecule has 2 N–H and O–H groups in total. The zero-order valence-corrected chi connectivity index (χ0v) is 24.6. The molecule has 0 aliphatic rings. The van der Waals surface area contributed by atoms with Gasteiger partial charge in [0, 0.05) is 22.2 Å². The number of para-hydroxylation sites is 1. The molecule has 0 aliphatic carbocycles. The van der Waals surface area contributed by atoms with Crippen molar-refractivity contribution in [2.75, 3.05) is 18.5 Å². The number of unbranched alkanes of at least 4 members (excludes halogenated alkanes) is 5. The SMILES string of the molecule is CCCCCCCCOc1ccc(/C=N/NC(=O)c2ccc(-c3csc(Nc4ccccc4)n3)cc2)cc1OCC. The van der Waals surface area contributed by atoms with Crippen molar-refractivity contribution in [1.29, 1.82) is 0 Å². The minimum absolute atomic E-state index is 0.290. The van der Waals surface area contributed by atoms with Gasteiger partial charge in [-0.1, -0.05) is 69.4 Å². The highest BCUT2D eigenvalue weighted by Crippen LogP contribution is 2.29. The first kappa shape index (κ1) is 29.8. The van der Waals surface area contributed by atoms with Gasteiger partial charge in [-0.2, -0.15) is 5.10 Å². The van der Waals surface area contributed by atoms with E-state index in [1.807, 2.05) is 73.0 Å². The second kappa shape index (κ2) is 16.2. The maximum absolute atomic E-state index is 12.7. The Labute approximate surface area is 246 Å². The summed E-state index contributed by atoms with van der Waals surface area (Å²) in [6, 6.07) is 22.9. The molecule has 1 aromatic heterocycles. The number of ether oxygens (including phenoxy) is 2. The summed E-state index contributed by atoms with van der Waals surface area (Å²) in [7, 11) is 0. The number of amides is 1. The first-order chi connectivity index (χ1) is 20.2. The van der Waals surface area contributed by atoms with Crippen LogP contribution in [-0.4, -0.2) is 30.3 Å². The molecule has 41 heavy (non-hydrogen) atoms. The van der Waals surface area contributed by atoms with Crippen LogP contribution in [0.2, 0.25) is 0 Å². The summed E-state index contributed by atoms with van der Waals surface area (Å²) in [6.45, 7) is 5.37. The summed E-state index contributed by atoms with van der Waals surface area (Å²) < 4.78 is 11.8. The smallest absolute Gasteiger partial charge is 0.271 e. The molecule has 1 amide bonds. The molecular weight excluding hydrogens is 532 g/mol. The maximum Gasteiger partial charge on any atom is 0.271 e. The number of anilines is 2. The molecule has 0 atom stereocenters. The zero-order valence-electron chi connectivity index (χ0n) is 23.8. The molecular formula is C33H38N4O3S. The molecule has 0 fully saturated rings. The van der Waals surface area contributed by atoms with Crippen LogP contribution in [0.25, 0.3) is 11.3 Å². The average Bonchev–Trinajstić information content (AvgIpc) is 3.46. The van der Waals surface area contributed by atoms with Crippen molar-refractivity contribution in [1.82, 2.24) is 10.4 Å². The Morgan fingerprint density at radius 2 is 1.68 bits per heavy atom. The standard InChI is InChI=1S/C33H38N4O3S/c1-3-5-6-7-8-12-21-40-30-20-15-25(22-31(30)39-4-2)23-34-37-32(38)27-18-16-26(17-19-27)29-24-41-33(36-29)35-28-13-10-9-11-14-28/h9-11,13-20,22-24H,3-8,12,21H2,1-2H3,(H,35,36)(H,37,38)/b34-23+. The lowest BCUT2D eigenvalue weighted by Gasteiger charge is -2.12. The van der Waals surface area contributed by atoms with Gasteiger partial charge in [0.2, 0.25) is 0 Å². The Bertz CT molecular complexity index is 1390. The molecule has 0 unspecified atom stereocenters. The predicted octanol–water partition coefficient (Wildman–Crippen LogP) is 8.46. The van der Waals surface area contributed by atoms with Gasteiger partial charge in [0.05, 0.1) is 25.1 Å². The van der Waals surface area contributed by atoms with E-state index in [9.17, 15) is 4.79 Å². The molecule has 1 heterocycles. The van der Waals surface area contributed by atoms with Gasteiger partial charge in [-0.3, -0.25) is 4.79 Å². The highest BCUT2D eigenvalue weighted by atomic mass is 32.1. The lowest BCUT2D eigenvalue weighted by molar-refractivity contribution is 0.0955. The number of hydrogen-bond acceptors (Lipinski definition) is 7. The van der Waals surface area contributed by atoms with E-state index in [4.69, 9.17) is 9.47 Å².